The predicted octanol–water partition coefficient (Wildman–Crippen LogP) is 4.83. The minimum absolute atomic E-state index is 0.0124. The molecule has 0 spiro atoms. The fourth-order valence-corrected chi connectivity index (χ4v) is 4.90. The maximum absolute atomic E-state index is 15.2. The van der Waals surface area contributed by atoms with Crippen LogP contribution in [0, 0.1) is 17.6 Å². The highest BCUT2D eigenvalue weighted by molar-refractivity contribution is 9.10. The number of hydrogen-bond donors (Lipinski definition) is 2. The average Bonchev–Trinajstić information content (AvgIpc) is 3.08. The summed E-state index contributed by atoms with van der Waals surface area (Å²) in [5.74, 6) is -8.71. The zero-order valence-corrected chi connectivity index (χ0v) is 18.9. The van der Waals surface area contributed by atoms with Crippen LogP contribution in [0.1, 0.15) is 41.6 Å². The van der Waals surface area contributed by atoms with Gasteiger partial charge >= 0.3 is 5.92 Å². The maximum atomic E-state index is 15.2. The van der Waals surface area contributed by atoms with Crippen LogP contribution in [0.2, 0.25) is 0 Å². The number of nitrogens with zero attached hydrogens (tertiary/aromatic N) is 1. The quantitative estimate of drug-likeness (QED) is 0.558. The van der Waals surface area contributed by atoms with Gasteiger partial charge in [0.15, 0.2) is 0 Å². The summed E-state index contributed by atoms with van der Waals surface area (Å²) >= 11 is 2.98. The van der Waals surface area contributed by atoms with Crippen molar-refractivity contribution >= 4 is 33.4 Å². The molecule has 1 aliphatic carbocycles. The first-order chi connectivity index (χ1) is 15.6. The van der Waals surface area contributed by atoms with E-state index in [1.54, 1.807) is 0 Å². The van der Waals surface area contributed by atoms with Gasteiger partial charge in [0, 0.05) is 29.8 Å². The van der Waals surface area contributed by atoms with Crippen LogP contribution in [0.25, 0.3) is 0 Å². The van der Waals surface area contributed by atoms with Gasteiger partial charge < -0.3 is 15.3 Å². The zero-order valence-electron chi connectivity index (χ0n) is 17.3. The molecule has 2 aliphatic heterocycles. The molecular weight excluding hydrogens is 508 g/mol. The van der Waals surface area contributed by atoms with Crippen LogP contribution in [0.4, 0.5) is 23.2 Å². The fourth-order valence-electron chi connectivity index (χ4n) is 4.52. The van der Waals surface area contributed by atoms with Gasteiger partial charge in [-0.15, -0.1) is 0 Å². The van der Waals surface area contributed by atoms with Crippen LogP contribution in [-0.4, -0.2) is 40.5 Å². The average molecular weight is 529 g/mol. The Morgan fingerprint density at radius 1 is 1.09 bits per heavy atom. The maximum Gasteiger partial charge on any atom is 0.352 e. The van der Waals surface area contributed by atoms with E-state index in [-0.39, 0.29) is 34.6 Å². The third-order valence-corrected chi connectivity index (χ3v) is 6.92. The lowest BCUT2D eigenvalue weighted by Gasteiger charge is -2.40. The molecule has 2 heterocycles. The minimum atomic E-state index is -4.20. The number of fused-ring (bicyclic) bond motifs is 4. The summed E-state index contributed by atoms with van der Waals surface area (Å²) in [7, 11) is 0. The third kappa shape index (κ3) is 4.63. The number of amides is 2. The van der Waals surface area contributed by atoms with Crippen LogP contribution in [0.15, 0.2) is 40.9 Å². The molecule has 2 aromatic carbocycles. The molecule has 3 aliphatic rings. The zero-order chi connectivity index (χ0) is 23.9. The second-order valence-electron chi connectivity index (χ2n) is 8.46. The minimum Gasteiger partial charge on any atom is -0.393 e. The molecule has 0 radical (unpaired) electrons. The number of nitrogens with one attached hydrogen (secondary N) is 1. The largest absolute Gasteiger partial charge is 0.393 e. The molecule has 2 aromatic rings. The lowest BCUT2D eigenvalue weighted by Crippen LogP contribution is -2.54. The van der Waals surface area contributed by atoms with E-state index in [0.717, 1.165) is 17.0 Å². The Hall–Kier alpha value is -2.46. The molecule has 2 N–H and O–H groups in total. The number of halogens is 5. The third-order valence-electron chi connectivity index (χ3n) is 6.32. The molecule has 2 saturated heterocycles. The standard InChI is InChI=1S/C23H21BrF4N2O3/c24-17-9-14(5-7-19(17)26)29-21(32)12-4-6-18(25)16(8-12)23(27,28)22(33)30-11-13-2-1-3-15(30)10-20(13)31/h4-9,13,15,20,31H,1-3,10-11H2,(H,29,32)/t13?,15-,20+/m1/s1. The number of aliphatic hydroxyl groups is 1. The number of rotatable bonds is 4. The molecule has 5 nitrogen and oxygen atoms in total. The SMILES string of the molecule is O=C(Nc1ccc(F)c(Br)c1)c1ccc(F)c(C(F)(F)C(=O)N2CC3CCC[C@@H]2C[C@@H]3O)c1. The fraction of sp³-hybridized carbons (Fsp3) is 0.391. The van der Waals surface area contributed by atoms with Crippen molar-refractivity contribution in [3.05, 3.63) is 63.6 Å². The summed E-state index contributed by atoms with van der Waals surface area (Å²) in [4.78, 5) is 26.4. The Morgan fingerprint density at radius 2 is 1.82 bits per heavy atom. The Kier molecular flexibility index (Phi) is 6.50. The van der Waals surface area contributed by atoms with Gasteiger partial charge in [0.1, 0.15) is 11.6 Å². The van der Waals surface area contributed by atoms with Crippen LogP contribution >= 0.6 is 15.9 Å². The van der Waals surface area contributed by atoms with E-state index in [1.807, 2.05) is 0 Å². The molecule has 3 fully saturated rings. The number of carbonyl (C=O) groups is 2. The van der Waals surface area contributed by atoms with Gasteiger partial charge in [0.25, 0.3) is 11.8 Å². The van der Waals surface area contributed by atoms with Gasteiger partial charge in [-0.25, -0.2) is 8.78 Å². The molecule has 5 rings (SSSR count). The van der Waals surface area contributed by atoms with Crippen LogP contribution in [-0.2, 0) is 10.7 Å². The van der Waals surface area contributed by atoms with Crippen molar-refractivity contribution in [1.29, 1.82) is 0 Å². The molecule has 1 saturated carbocycles. The Bertz CT molecular complexity index is 1100. The van der Waals surface area contributed by atoms with Gasteiger partial charge in [-0.05, 0) is 71.6 Å². The van der Waals surface area contributed by atoms with Crippen molar-refractivity contribution < 1.29 is 32.3 Å². The highest BCUT2D eigenvalue weighted by Crippen LogP contribution is 2.39. The smallest absolute Gasteiger partial charge is 0.352 e. The molecule has 10 heteroatoms. The first kappa shape index (κ1) is 23.7. The molecule has 2 amide bonds. The van der Waals surface area contributed by atoms with Gasteiger partial charge in [-0.1, -0.05) is 6.42 Å². The normalized spacial score (nSPS) is 22.7. The van der Waals surface area contributed by atoms with Crippen LogP contribution in [0.3, 0.4) is 0 Å². The topological polar surface area (TPSA) is 69.6 Å². The van der Waals surface area contributed by atoms with Crippen LogP contribution in [0.5, 0.6) is 0 Å². The Balaban J connectivity index is 1.59. The van der Waals surface area contributed by atoms with E-state index >= 15 is 8.78 Å². The summed E-state index contributed by atoms with van der Waals surface area (Å²) in [6.45, 7) is -0.0124. The van der Waals surface area contributed by atoms with E-state index in [9.17, 15) is 23.5 Å². The van der Waals surface area contributed by atoms with Gasteiger partial charge in [-0.3, -0.25) is 9.59 Å². The number of anilines is 1. The van der Waals surface area contributed by atoms with Gasteiger partial charge in [-0.2, -0.15) is 8.78 Å². The number of carbonyl (C=O) groups excluding carboxylic acids is 2. The van der Waals surface area contributed by atoms with Crippen molar-refractivity contribution in [3.63, 3.8) is 0 Å². The second kappa shape index (κ2) is 9.06. The van der Waals surface area contributed by atoms with Crippen molar-refractivity contribution in [1.82, 2.24) is 4.90 Å². The van der Waals surface area contributed by atoms with Gasteiger partial charge in [0.2, 0.25) is 0 Å². The monoisotopic (exact) mass is 528 g/mol. The molecular formula is C23H21BrF4N2O3. The van der Waals surface area contributed by atoms with Crippen molar-refractivity contribution in [3.8, 4) is 0 Å². The lowest BCUT2D eigenvalue weighted by atomic mass is 9.90. The second-order valence-corrected chi connectivity index (χ2v) is 9.31. The molecule has 3 atom stereocenters. The first-order valence-electron chi connectivity index (χ1n) is 10.5. The molecule has 33 heavy (non-hydrogen) atoms. The summed E-state index contributed by atoms with van der Waals surface area (Å²) < 4.78 is 58.4. The highest BCUT2D eigenvalue weighted by Gasteiger charge is 2.50. The predicted molar refractivity (Wildman–Crippen MR) is 116 cm³/mol. The van der Waals surface area contributed by atoms with Crippen molar-refractivity contribution in [2.45, 2.75) is 43.8 Å². The van der Waals surface area contributed by atoms with E-state index in [1.165, 1.54) is 12.1 Å². The number of hydrogen-bond acceptors (Lipinski definition) is 3. The number of alkyl halides is 2. The van der Waals surface area contributed by atoms with Crippen molar-refractivity contribution in [2.24, 2.45) is 5.92 Å². The summed E-state index contributed by atoms with van der Waals surface area (Å²) in [6.07, 6.45) is 1.41. The summed E-state index contributed by atoms with van der Waals surface area (Å²) in [5.41, 5.74) is -1.28. The van der Waals surface area contributed by atoms with Gasteiger partial charge in [0.05, 0.1) is 16.1 Å². The summed E-state index contributed by atoms with van der Waals surface area (Å²) in [6, 6.07) is 5.54. The Morgan fingerprint density at radius 3 is 2.55 bits per heavy atom. The first-order valence-corrected chi connectivity index (χ1v) is 11.3. The van der Waals surface area contributed by atoms with Crippen LogP contribution < -0.4 is 5.32 Å². The number of piperidine rings is 1. The van der Waals surface area contributed by atoms with Crippen molar-refractivity contribution in [2.75, 3.05) is 11.9 Å². The number of benzene rings is 2. The molecule has 1 unspecified atom stereocenters. The highest BCUT2D eigenvalue weighted by atomic mass is 79.9. The molecule has 0 aromatic heterocycles. The lowest BCUT2D eigenvalue weighted by molar-refractivity contribution is -0.166. The number of aliphatic hydroxyl groups excluding tert-OH is 1. The summed E-state index contributed by atoms with van der Waals surface area (Å²) in [5, 5.41) is 12.6. The van der Waals surface area contributed by atoms with E-state index < -0.39 is 47.1 Å². The van der Waals surface area contributed by atoms with E-state index in [2.05, 4.69) is 21.2 Å². The van der Waals surface area contributed by atoms with E-state index in [0.29, 0.717) is 31.4 Å². The Labute approximate surface area is 195 Å². The molecule has 2 bridgehead atoms. The molecule has 176 valence electrons. The van der Waals surface area contributed by atoms with E-state index in [4.69, 9.17) is 0 Å².